The Morgan fingerprint density at radius 2 is 2.06 bits per heavy atom. The van der Waals surface area contributed by atoms with E-state index in [1.807, 2.05) is 0 Å². The number of benzene rings is 2. The summed E-state index contributed by atoms with van der Waals surface area (Å²) in [6.07, 6.45) is 3.66. The minimum Gasteiger partial charge on any atom is -0.482 e. The van der Waals surface area contributed by atoms with Crippen LogP contribution in [0.3, 0.4) is 0 Å². The summed E-state index contributed by atoms with van der Waals surface area (Å²) in [5, 5.41) is 9.47. The summed E-state index contributed by atoms with van der Waals surface area (Å²) in [5.74, 6) is -1.37. The first-order valence-corrected chi connectivity index (χ1v) is 11.0. The number of rotatable bonds is 6. The molecule has 1 unspecified atom stereocenters. The lowest BCUT2D eigenvalue weighted by molar-refractivity contribution is -0.139. The van der Waals surface area contributed by atoms with Crippen molar-refractivity contribution in [3.63, 3.8) is 0 Å². The van der Waals surface area contributed by atoms with Gasteiger partial charge < -0.3 is 14.7 Å². The Morgan fingerprint density at radius 3 is 2.81 bits per heavy atom. The molecule has 6 nitrogen and oxygen atoms in total. The van der Waals surface area contributed by atoms with E-state index in [9.17, 15) is 14.0 Å². The summed E-state index contributed by atoms with van der Waals surface area (Å²) in [6.45, 7) is -0.103. The highest BCUT2D eigenvalue weighted by molar-refractivity contribution is 7.09. The Bertz CT molecular complexity index is 1180. The molecule has 0 bridgehead atoms. The number of aliphatic carboxylic acids is 1. The molecule has 1 amide bonds. The summed E-state index contributed by atoms with van der Waals surface area (Å²) in [7, 11) is 0. The lowest BCUT2D eigenvalue weighted by Gasteiger charge is -2.35. The molecule has 164 valence electrons. The van der Waals surface area contributed by atoms with E-state index < -0.39 is 18.6 Å². The Hall–Kier alpha value is -3.23. The number of hydrogen-bond acceptors (Lipinski definition) is 5. The smallest absolute Gasteiger partial charge is 0.341 e. The van der Waals surface area contributed by atoms with Crippen LogP contribution in [0.2, 0.25) is 5.02 Å². The van der Waals surface area contributed by atoms with Crippen molar-refractivity contribution in [3.8, 4) is 5.75 Å². The molecule has 0 saturated carbocycles. The molecule has 4 rings (SSSR count). The first-order chi connectivity index (χ1) is 15.4. The Kier molecular flexibility index (Phi) is 6.53. The number of thiazole rings is 1. The average Bonchev–Trinajstić information content (AvgIpc) is 3.26. The molecular formula is C23H18ClFN2O4S. The molecule has 1 aliphatic heterocycles. The van der Waals surface area contributed by atoms with Crippen LogP contribution in [0.5, 0.6) is 5.75 Å². The predicted molar refractivity (Wildman–Crippen MR) is 119 cm³/mol. The zero-order chi connectivity index (χ0) is 22.7. The van der Waals surface area contributed by atoms with E-state index in [0.717, 1.165) is 10.6 Å². The number of hydrogen-bond donors (Lipinski definition) is 1. The molecule has 1 aliphatic rings. The van der Waals surface area contributed by atoms with Gasteiger partial charge in [0.15, 0.2) is 6.61 Å². The predicted octanol–water partition coefficient (Wildman–Crippen LogP) is 4.59. The quantitative estimate of drug-likeness (QED) is 0.531. The van der Waals surface area contributed by atoms with E-state index in [1.165, 1.54) is 29.5 Å². The van der Waals surface area contributed by atoms with E-state index in [4.69, 9.17) is 21.4 Å². The fourth-order valence-corrected chi connectivity index (χ4v) is 4.72. The van der Waals surface area contributed by atoms with Gasteiger partial charge in [-0.15, -0.1) is 11.3 Å². The lowest BCUT2D eigenvalue weighted by atomic mass is 9.96. The van der Waals surface area contributed by atoms with E-state index in [-0.39, 0.29) is 11.7 Å². The molecule has 1 atom stereocenters. The fraction of sp³-hybridized carbons (Fsp3) is 0.174. The zero-order valence-corrected chi connectivity index (χ0v) is 18.3. The van der Waals surface area contributed by atoms with E-state index in [0.29, 0.717) is 34.9 Å². The van der Waals surface area contributed by atoms with Gasteiger partial charge in [-0.1, -0.05) is 23.7 Å². The molecule has 32 heavy (non-hydrogen) atoms. The number of amides is 1. The summed E-state index contributed by atoms with van der Waals surface area (Å²) < 4.78 is 18.6. The van der Waals surface area contributed by atoms with E-state index in [1.54, 1.807) is 46.8 Å². The standard InChI is InChI=1S/C23H18ClFN2O4S/c24-15-4-7-19(31-12-21(29)30)17(11-15)22-23-18(26-13-32-23)9-10-27(22)20(28)8-3-14-1-5-16(25)6-2-14/h1-8,11,13,22H,9-10,12H2,(H,29,30). The monoisotopic (exact) mass is 472 g/mol. The number of fused-ring (bicyclic) bond motifs is 1. The van der Waals surface area contributed by atoms with Gasteiger partial charge in [-0.2, -0.15) is 0 Å². The van der Waals surface area contributed by atoms with Crippen LogP contribution in [0.15, 0.2) is 54.1 Å². The maximum Gasteiger partial charge on any atom is 0.341 e. The third-order valence-corrected chi connectivity index (χ3v) is 6.17. The normalized spacial score (nSPS) is 15.6. The summed E-state index contributed by atoms with van der Waals surface area (Å²) in [6, 6.07) is 10.2. The number of ether oxygens (including phenoxy) is 1. The molecule has 3 aromatic rings. The number of carboxylic acid groups (broad SMARTS) is 1. The highest BCUT2D eigenvalue weighted by Crippen LogP contribution is 2.42. The maximum atomic E-state index is 13.2. The van der Waals surface area contributed by atoms with Crippen LogP contribution in [-0.2, 0) is 16.0 Å². The molecule has 1 N–H and O–H groups in total. The molecule has 2 heterocycles. The van der Waals surface area contributed by atoms with Gasteiger partial charge in [0.05, 0.1) is 22.1 Å². The van der Waals surface area contributed by atoms with Gasteiger partial charge >= 0.3 is 5.97 Å². The minimum atomic E-state index is -1.11. The highest BCUT2D eigenvalue weighted by Gasteiger charge is 2.35. The molecule has 0 aliphatic carbocycles. The largest absolute Gasteiger partial charge is 0.482 e. The summed E-state index contributed by atoms with van der Waals surface area (Å²) in [4.78, 5) is 31.2. The summed E-state index contributed by atoms with van der Waals surface area (Å²) in [5.41, 5.74) is 3.89. The Balaban J connectivity index is 1.71. The van der Waals surface area contributed by atoms with Crippen molar-refractivity contribution in [2.24, 2.45) is 0 Å². The van der Waals surface area contributed by atoms with Crippen molar-refractivity contribution in [3.05, 3.63) is 86.6 Å². The van der Waals surface area contributed by atoms with Crippen LogP contribution in [0.4, 0.5) is 4.39 Å². The van der Waals surface area contributed by atoms with Gasteiger partial charge in [-0.3, -0.25) is 4.79 Å². The van der Waals surface area contributed by atoms with Gasteiger partial charge in [-0.05, 0) is 42.0 Å². The van der Waals surface area contributed by atoms with E-state index in [2.05, 4.69) is 4.98 Å². The second-order valence-corrected chi connectivity index (χ2v) is 8.42. The highest BCUT2D eigenvalue weighted by atomic mass is 35.5. The van der Waals surface area contributed by atoms with Crippen molar-refractivity contribution in [1.82, 2.24) is 9.88 Å². The number of carbonyl (C=O) groups is 2. The number of carbonyl (C=O) groups excluding carboxylic acids is 1. The molecule has 0 fully saturated rings. The lowest BCUT2D eigenvalue weighted by Crippen LogP contribution is -2.39. The minimum absolute atomic E-state index is 0.248. The van der Waals surface area contributed by atoms with Crippen molar-refractivity contribution >= 4 is 40.9 Å². The van der Waals surface area contributed by atoms with Crippen molar-refractivity contribution < 1.29 is 23.8 Å². The fourth-order valence-electron chi connectivity index (χ4n) is 3.57. The van der Waals surface area contributed by atoms with Crippen molar-refractivity contribution in [1.29, 1.82) is 0 Å². The second-order valence-electron chi connectivity index (χ2n) is 7.10. The molecule has 9 heteroatoms. The van der Waals surface area contributed by atoms with Crippen LogP contribution in [-0.4, -0.2) is 40.0 Å². The van der Waals surface area contributed by atoms with Crippen LogP contribution in [0.25, 0.3) is 6.08 Å². The van der Waals surface area contributed by atoms with Crippen molar-refractivity contribution in [2.45, 2.75) is 12.5 Å². The Labute approximate surface area is 192 Å². The number of halogens is 2. The van der Waals surface area contributed by atoms with Crippen LogP contribution in [0.1, 0.15) is 27.7 Å². The van der Waals surface area contributed by atoms with Crippen molar-refractivity contribution in [2.75, 3.05) is 13.2 Å². The molecule has 2 aromatic carbocycles. The van der Waals surface area contributed by atoms with Gasteiger partial charge in [-0.25, -0.2) is 14.2 Å². The van der Waals surface area contributed by atoms with Crippen LogP contribution in [0, 0.1) is 5.82 Å². The summed E-state index contributed by atoms with van der Waals surface area (Å²) >= 11 is 7.67. The number of nitrogens with zero attached hydrogens (tertiary/aromatic N) is 2. The second kappa shape index (κ2) is 9.50. The van der Waals surface area contributed by atoms with Crippen LogP contribution >= 0.6 is 22.9 Å². The number of carboxylic acids is 1. The van der Waals surface area contributed by atoms with Gasteiger partial charge in [0.1, 0.15) is 11.6 Å². The maximum absolute atomic E-state index is 13.2. The topological polar surface area (TPSA) is 79.7 Å². The van der Waals surface area contributed by atoms with Gasteiger partial charge in [0.2, 0.25) is 5.91 Å². The SMILES string of the molecule is O=C(O)COc1ccc(Cl)cc1C1c2scnc2CCN1C(=O)C=Cc1ccc(F)cc1. The molecule has 0 radical (unpaired) electrons. The first-order valence-electron chi connectivity index (χ1n) is 9.73. The third kappa shape index (κ3) is 4.81. The Morgan fingerprint density at radius 1 is 1.28 bits per heavy atom. The molecule has 0 spiro atoms. The molecular weight excluding hydrogens is 455 g/mol. The zero-order valence-electron chi connectivity index (χ0n) is 16.7. The number of aromatic nitrogens is 1. The first kappa shape index (κ1) is 22.0. The van der Waals surface area contributed by atoms with E-state index >= 15 is 0 Å². The van der Waals surface area contributed by atoms with Gasteiger partial charge in [0.25, 0.3) is 0 Å². The average molecular weight is 473 g/mol. The van der Waals surface area contributed by atoms with Gasteiger partial charge in [0, 0.05) is 29.6 Å². The van der Waals surface area contributed by atoms with Crippen LogP contribution < -0.4 is 4.74 Å². The molecule has 0 saturated heterocycles. The molecule has 1 aromatic heterocycles. The third-order valence-electron chi connectivity index (χ3n) is 5.01.